The lowest BCUT2D eigenvalue weighted by Gasteiger charge is -2.05. The van der Waals surface area contributed by atoms with Crippen LogP contribution >= 0.6 is 22.9 Å². The minimum atomic E-state index is -0.400. The summed E-state index contributed by atoms with van der Waals surface area (Å²) in [5.41, 5.74) is 1.08. The Balaban J connectivity index is 2.15. The number of nitrogens with one attached hydrogen (secondary N) is 2. The van der Waals surface area contributed by atoms with E-state index in [0.29, 0.717) is 12.2 Å². The molecule has 90 valence electrons. The van der Waals surface area contributed by atoms with Crippen LogP contribution in [0.3, 0.4) is 0 Å². The highest BCUT2D eigenvalue weighted by Crippen LogP contribution is 2.19. The van der Waals surface area contributed by atoms with Gasteiger partial charge in [0.15, 0.2) is 0 Å². The molecule has 2 rings (SSSR count). The Morgan fingerprint density at radius 3 is 2.94 bits per heavy atom. The first kappa shape index (κ1) is 12.1. The normalized spacial score (nSPS) is 10.5. The van der Waals surface area contributed by atoms with Crippen molar-refractivity contribution >= 4 is 28.6 Å². The molecule has 2 aromatic rings. The number of thiazole rings is 1. The van der Waals surface area contributed by atoms with Gasteiger partial charge in [0.1, 0.15) is 5.02 Å². The first-order valence-electron chi connectivity index (χ1n) is 4.98. The Hall–Kier alpha value is -1.40. The number of aromatic nitrogens is 3. The van der Waals surface area contributed by atoms with E-state index in [0.717, 1.165) is 15.6 Å². The first-order valence-corrected chi connectivity index (χ1v) is 6.17. The fourth-order valence-electron chi connectivity index (χ4n) is 1.42. The highest BCUT2D eigenvalue weighted by molar-refractivity contribution is 7.11. The molecule has 0 spiro atoms. The van der Waals surface area contributed by atoms with Crippen LogP contribution in [0.5, 0.6) is 0 Å². The molecule has 2 aromatic heterocycles. The standard InChI is InChI=1S/C10H11ClN4OS/c1-5-7(14-6(2)17-5)3-12-8-4-13-15-10(16)9(8)11/h4H,3H2,1-2H3,(H2,12,15,16). The molecule has 0 bridgehead atoms. The summed E-state index contributed by atoms with van der Waals surface area (Å²) in [5, 5.41) is 10.1. The van der Waals surface area contributed by atoms with Crippen LogP contribution in [-0.4, -0.2) is 15.2 Å². The Kier molecular flexibility index (Phi) is 3.44. The average Bonchev–Trinajstić information content (AvgIpc) is 2.60. The van der Waals surface area contributed by atoms with Gasteiger partial charge in [0.05, 0.1) is 29.1 Å². The molecule has 2 heterocycles. The van der Waals surface area contributed by atoms with E-state index in [4.69, 9.17) is 11.6 Å². The van der Waals surface area contributed by atoms with Crippen molar-refractivity contribution in [1.82, 2.24) is 15.2 Å². The van der Waals surface area contributed by atoms with Crippen LogP contribution in [0.4, 0.5) is 5.69 Å². The monoisotopic (exact) mass is 270 g/mol. The van der Waals surface area contributed by atoms with E-state index >= 15 is 0 Å². The van der Waals surface area contributed by atoms with Crippen LogP contribution in [-0.2, 0) is 6.54 Å². The van der Waals surface area contributed by atoms with E-state index in [2.05, 4.69) is 20.5 Å². The van der Waals surface area contributed by atoms with E-state index < -0.39 is 5.56 Å². The van der Waals surface area contributed by atoms with Gasteiger partial charge in [0, 0.05) is 4.88 Å². The predicted molar refractivity (Wildman–Crippen MR) is 68.8 cm³/mol. The molecule has 0 aromatic carbocycles. The molecule has 0 radical (unpaired) electrons. The third-order valence-corrected chi connectivity index (χ3v) is 3.55. The SMILES string of the molecule is Cc1nc(CNc2cn[nH]c(=O)c2Cl)c(C)s1. The van der Waals surface area contributed by atoms with Crippen LogP contribution in [0.1, 0.15) is 15.6 Å². The quantitative estimate of drug-likeness (QED) is 0.896. The zero-order chi connectivity index (χ0) is 12.4. The lowest BCUT2D eigenvalue weighted by Crippen LogP contribution is -2.12. The lowest BCUT2D eigenvalue weighted by atomic mass is 10.3. The van der Waals surface area contributed by atoms with Crippen molar-refractivity contribution in [3.63, 3.8) is 0 Å². The Labute approximate surface area is 107 Å². The number of hydrogen-bond acceptors (Lipinski definition) is 5. The summed E-state index contributed by atoms with van der Waals surface area (Å²) < 4.78 is 0. The lowest BCUT2D eigenvalue weighted by molar-refractivity contribution is 0.973. The molecule has 0 atom stereocenters. The van der Waals surface area contributed by atoms with Crippen molar-refractivity contribution < 1.29 is 0 Å². The van der Waals surface area contributed by atoms with Crippen molar-refractivity contribution in [2.45, 2.75) is 20.4 Å². The van der Waals surface area contributed by atoms with Crippen LogP contribution in [0.15, 0.2) is 11.0 Å². The third-order valence-electron chi connectivity index (χ3n) is 2.24. The van der Waals surface area contributed by atoms with Gasteiger partial charge >= 0.3 is 0 Å². The van der Waals surface area contributed by atoms with Gasteiger partial charge in [-0.2, -0.15) is 5.10 Å². The van der Waals surface area contributed by atoms with Crippen LogP contribution in [0.2, 0.25) is 5.02 Å². The zero-order valence-electron chi connectivity index (χ0n) is 9.37. The molecule has 0 saturated carbocycles. The van der Waals surface area contributed by atoms with Gasteiger partial charge in [-0.3, -0.25) is 4.79 Å². The number of anilines is 1. The second-order valence-electron chi connectivity index (χ2n) is 3.52. The van der Waals surface area contributed by atoms with Crippen LogP contribution < -0.4 is 10.9 Å². The van der Waals surface area contributed by atoms with Gasteiger partial charge in [0.25, 0.3) is 5.56 Å². The van der Waals surface area contributed by atoms with Gasteiger partial charge in [-0.05, 0) is 13.8 Å². The van der Waals surface area contributed by atoms with E-state index in [1.54, 1.807) is 11.3 Å². The summed E-state index contributed by atoms with van der Waals surface area (Å²) in [7, 11) is 0. The summed E-state index contributed by atoms with van der Waals surface area (Å²) in [6.07, 6.45) is 1.48. The largest absolute Gasteiger partial charge is 0.377 e. The van der Waals surface area contributed by atoms with Gasteiger partial charge < -0.3 is 5.32 Å². The van der Waals surface area contributed by atoms with Crippen molar-refractivity contribution in [2.75, 3.05) is 5.32 Å². The second-order valence-corrected chi connectivity index (χ2v) is 5.30. The van der Waals surface area contributed by atoms with E-state index in [1.807, 2.05) is 13.8 Å². The van der Waals surface area contributed by atoms with Gasteiger partial charge in [-0.1, -0.05) is 11.6 Å². The molecule has 2 N–H and O–H groups in total. The van der Waals surface area contributed by atoms with Crippen molar-refractivity contribution in [2.24, 2.45) is 0 Å². The predicted octanol–water partition coefficient (Wildman–Crippen LogP) is 2.11. The molecular formula is C10H11ClN4OS. The van der Waals surface area contributed by atoms with Gasteiger partial charge in [0.2, 0.25) is 0 Å². The maximum atomic E-state index is 11.2. The fourth-order valence-corrected chi connectivity index (χ4v) is 2.41. The molecule has 0 aliphatic carbocycles. The second kappa shape index (κ2) is 4.85. The summed E-state index contributed by atoms with van der Waals surface area (Å²) in [6, 6.07) is 0. The summed E-state index contributed by atoms with van der Waals surface area (Å²) in [5.74, 6) is 0. The summed E-state index contributed by atoms with van der Waals surface area (Å²) in [4.78, 5) is 16.8. The summed E-state index contributed by atoms with van der Waals surface area (Å²) in [6.45, 7) is 4.50. The number of halogens is 1. The van der Waals surface area contributed by atoms with E-state index in [9.17, 15) is 4.79 Å². The molecule has 0 amide bonds. The molecule has 0 aliphatic heterocycles. The first-order chi connectivity index (χ1) is 8.08. The van der Waals surface area contributed by atoms with E-state index in [1.165, 1.54) is 6.20 Å². The minimum absolute atomic E-state index is 0.115. The van der Waals surface area contributed by atoms with E-state index in [-0.39, 0.29) is 5.02 Å². The smallest absolute Gasteiger partial charge is 0.285 e. The number of aryl methyl sites for hydroxylation is 2. The maximum absolute atomic E-state index is 11.2. The number of aromatic amines is 1. The Morgan fingerprint density at radius 1 is 1.53 bits per heavy atom. The highest BCUT2D eigenvalue weighted by Gasteiger charge is 2.07. The topological polar surface area (TPSA) is 70.7 Å². The van der Waals surface area contributed by atoms with Crippen LogP contribution in [0.25, 0.3) is 0 Å². The molecule has 7 heteroatoms. The summed E-state index contributed by atoms with van der Waals surface area (Å²) >= 11 is 7.48. The maximum Gasteiger partial charge on any atom is 0.285 e. The molecule has 0 saturated heterocycles. The highest BCUT2D eigenvalue weighted by atomic mass is 35.5. The zero-order valence-corrected chi connectivity index (χ0v) is 10.9. The van der Waals surface area contributed by atoms with Gasteiger partial charge in [-0.25, -0.2) is 10.1 Å². The molecule has 0 unspecified atom stereocenters. The number of nitrogens with zero attached hydrogens (tertiary/aromatic N) is 2. The Morgan fingerprint density at radius 2 is 2.29 bits per heavy atom. The van der Waals surface area contributed by atoms with Gasteiger partial charge in [-0.15, -0.1) is 11.3 Å². The molecule has 17 heavy (non-hydrogen) atoms. The van der Waals surface area contributed by atoms with Crippen molar-refractivity contribution in [1.29, 1.82) is 0 Å². The number of rotatable bonds is 3. The average molecular weight is 271 g/mol. The third kappa shape index (κ3) is 2.65. The fraction of sp³-hybridized carbons (Fsp3) is 0.300. The Bertz CT molecular complexity index is 592. The molecular weight excluding hydrogens is 260 g/mol. The van der Waals surface area contributed by atoms with Crippen molar-refractivity contribution in [3.05, 3.63) is 37.2 Å². The number of H-pyrrole nitrogens is 1. The number of hydrogen-bond donors (Lipinski definition) is 2. The van der Waals surface area contributed by atoms with Crippen molar-refractivity contribution in [3.8, 4) is 0 Å². The molecule has 5 nitrogen and oxygen atoms in total. The van der Waals surface area contributed by atoms with Crippen LogP contribution in [0, 0.1) is 13.8 Å². The molecule has 0 aliphatic rings. The molecule has 0 fully saturated rings. The minimum Gasteiger partial charge on any atom is -0.377 e.